The van der Waals surface area contributed by atoms with Crippen LogP contribution in [0.5, 0.6) is 5.75 Å². The summed E-state index contributed by atoms with van der Waals surface area (Å²) in [6.07, 6.45) is 5.33. The molecule has 5 heteroatoms. The Hall–Kier alpha value is -1.07. The predicted octanol–water partition coefficient (Wildman–Crippen LogP) is 3.94. The van der Waals surface area contributed by atoms with Crippen LogP contribution in [0.4, 0.5) is 0 Å². The summed E-state index contributed by atoms with van der Waals surface area (Å²) in [5, 5.41) is 0. The average Bonchev–Trinajstić information content (AvgIpc) is 2.34. The first-order chi connectivity index (χ1) is 8.98. The zero-order valence-electron chi connectivity index (χ0n) is 11.5. The van der Waals surface area contributed by atoms with Gasteiger partial charge in [-0.25, -0.2) is 0 Å². The Morgan fingerprint density at radius 2 is 1.89 bits per heavy atom. The number of hydrogen-bond donors (Lipinski definition) is 1. The summed E-state index contributed by atoms with van der Waals surface area (Å²) < 4.78 is 35.2. The third kappa shape index (κ3) is 5.61. The Morgan fingerprint density at radius 3 is 2.47 bits per heavy atom. The Morgan fingerprint density at radius 1 is 1.21 bits per heavy atom. The lowest BCUT2D eigenvalue weighted by Gasteiger charge is -2.18. The van der Waals surface area contributed by atoms with Crippen molar-refractivity contribution in [3.63, 3.8) is 0 Å². The average molecular weight is 286 g/mol. The second kappa shape index (κ2) is 7.50. The van der Waals surface area contributed by atoms with Crippen molar-refractivity contribution in [1.82, 2.24) is 0 Å². The molecule has 19 heavy (non-hydrogen) atoms. The Labute approximate surface area is 115 Å². The van der Waals surface area contributed by atoms with E-state index in [2.05, 4.69) is 18.0 Å². The predicted molar refractivity (Wildman–Crippen MR) is 75.8 cm³/mol. The first-order valence-corrected chi connectivity index (χ1v) is 8.10. The Balaban J connectivity index is 2.90. The maximum Gasteiger partial charge on any atom is 0.446 e. The van der Waals surface area contributed by atoms with Crippen LogP contribution in [0.25, 0.3) is 0 Å². The molecule has 0 aromatic heterocycles. The molecule has 0 aliphatic heterocycles. The van der Waals surface area contributed by atoms with E-state index in [0.29, 0.717) is 0 Å². The summed E-state index contributed by atoms with van der Waals surface area (Å²) in [5.41, 5.74) is 0.846. The van der Waals surface area contributed by atoms with Gasteiger partial charge in [-0.2, -0.15) is 8.42 Å². The summed E-state index contributed by atoms with van der Waals surface area (Å²) in [7, 11) is -4.47. The number of benzene rings is 1. The molecular formula is C14H22O4S. The highest BCUT2D eigenvalue weighted by Crippen LogP contribution is 2.33. The van der Waals surface area contributed by atoms with Crippen molar-refractivity contribution in [3.05, 3.63) is 29.8 Å². The minimum absolute atomic E-state index is 0.230. The van der Waals surface area contributed by atoms with Gasteiger partial charge in [0.1, 0.15) is 5.75 Å². The Bertz CT molecular complexity index is 482. The summed E-state index contributed by atoms with van der Waals surface area (Å²) in [4.78, 5) is 0. The molecule has 4 nitrogen and oxygen atoms in total. The highest BCUT2D eigenvalue weighted by molar-refractivity contribution is 7.81. The van der Waals surface area contributed by atoms with Crippen LogP contribution >= 0.6 is 0 Å². The molecule has 1 unspecified atom stereocenters. The molecule has 0 saturated heterocycles. The van der Waals surface area contributed by atoms with Crippen LogP contribution < -0.4 is 4.18 Å². The molecule has 1 aromatic rings. The number of rotatable bonds is 8. The zero-order chi connectivity index (χ0) is 14.3. The first kappa shape index (κ1) is 16.0. The molecule has 1 N–H and O–H groups in total. The van der Waals surface area contributed by atoms with Gasteiger partial charge in [-0.05, 0) is 30.4 Å². The lowest BCUT2D eigenvalue weighted by atomic mass is 9.90. The van der Waals surface area contributed by atoms with Gasteiger partial charge in [0, 0.05) is 0 Å². The molecule has 1 rings (SSSR count). The number of para-hydroxylation sites is 1. The second-order valence-corrected chi connectivity index (χ2v) is 5.67. The molecule has 0 aliphatic carbocycles. The van der Waals surface area contributed by atoms with Crippen molar-refractivity contribution < 1.29 is 17.2 Å². The van der Waals surface area contributed by atoms with E-state index in [4.69, 9.17) is 4.55 Å². The molecule has 0 spiro atoms. The molecule has 0 saturated carbocycles. The highest BCUT2D eigenvalue weighted by atomic mass is 32.3. The monoisotopic (exact) mass is 286 g/mol. The van der Waals surface area contributed by atoms with Crippen LogP contribution in [0.1, 0.15) is 57.4 Å². The van der Waals surface area contributed by atoms with Crippen molar-refractivity contribution in [2.75, 3.05) is 0 Å². The molecule has 0 amide bonds. The molecule has 1 aromatic carbocycles. The summed E-state index contributed by atoms with van der Waals surface area (Å²) >= 11 is 0. The second-order valence-electron chi connectivity index (χ2n) is 4.65. The van der Waals surface area contributed by atoms with Crippen molar-refractivity contribution in [2.45, 2.75) is 51.9 Å². The van der Waals surface area contributed by atoms with Crippen molar-refractivity contribution in [3.8, 4) is 5.75 Å². The summed E-state index contributed by atoms with van der Waals surface area (Å²) in [6.45, 7) is 4.22. The third-order valence-corrected chi connectivity index (χ3v) is 3.59. The van der Waals surface area contributed by atoms with Gasteiger partial charge in [0.2, 0.25) is 0 Å². The van der Waals surface area contributed by atoms with E-state index >= 15 is 0 Å². The maximum absolute atomic E-state index is 10.9. The van der Waals surface area contributed by atoms with Gasteiger partial charge in [-0.1, -0.05) is 51.3 Å². The smallest absolute Gasteiger partial charge is 0.362 e. The molecule has 0 heterocycles. The van der Waals surface area contributed by atoms with Crippen LogP contribution in [0.15, 0.2) is 24.3 Å². The van der Waals surface area contributed by atoms with E-state index in [-0.39, 0.29) is 11.7 Å². The minimum Gasteiger partial charge on any atom is -0.362 e. The van der Waals surface area contributed by atoms with E-state index in [1.807, 2.05) is 12.1 Å². The van der Waals surface area contributed by atoms with E-state index in [1.165, 1.54) is 0 Å². The van der Waals surface area contributed by atoms with Gasteiger partial charge < -0.3 is 4.18 Å². The van der Waals surface area contributed by atoms with E-state index in [9.17, 15) is 8.42 Å². The van der Waals surface area contributed by atoms with Crippen molar-refractivity contribution in [2.24, 2.45) is 0 Å². The number of hydrogen-bond acceptors (Lipinski definition) is 3. The maximum atomic E-state index is 10.9. The van der Waals surface area contributed by atoms with E-state index in [1.54, 1.807) is 12.1 Å². The quantitative estimate of drug-likeness (QED) is 0.580. The normalized spacial score (nSPS) is 13.2. The zero-order valence-corrected chi connectivity index (χ0v) is 12.3. The SMILES string of the molecule is CCCCCC(CC)c1ccccc1OS(=O)(=O)O. The molecule has 0 radical (unpaired) electrons. The van der Waals surface area contributed by atoms with Crippen molar-refractivity contribution >= 4 is 10.4 Å². The molecule has 108 valence electrons. The lowest BCUT2D eigenvalue weighted by molar-refractivity contribution is 0.382. The van der Waals surface area contributed by atoms with Gasteiger partial charge >= 0.3 is 10.4 Å². The molecular weight excluding hydrogens is 264 g/mol. The molecule has 1 atom stereocenters. The fourth-order valence-corrected chi connectivity index (χ4v) is 2.61. The molecule has 0 fully saturated rings. The fourth-order valence-electron chi connectivity index (χ4n) is 2.23. The summed E-state index contributed by atoms with van der Waals surface area (Å²) in [6, 6.07) is 6.99. The standard InChI is InChI=1S/C14H22O4S/c1-3-5-6-9-12(4-2)13-10-7-8-11-14(13)18-19(15,16)17/h7-8,10-12H,3-6,9H2,1-2H3,(H,15,16,17). The Kier molecular flexibility index (Phi) is 6.31. The van der Waals surface area contributed by atoms with Crippen molar-refractivity contribution in [1.29, 1.82) is 0 Å². The molecule has 0 aliphatic rings. The van der Waals surface area contributed by atoms with Gasteiger partial charge in [-0.3, -0.25) is 4.55 Å². The molecule has 0 bridgehead atoms. The van der Waals surface area contributed by atoms with Crippen LogP contribution in [0, 0.1) is 0 Å². The topological polar surface area (TPSA) is 63.6 Å². The largest absolute Gasteiger partial charge is 0.446 e. The van der Waals surface area contributed by atoms with Crippen LogP contribution in [-0.2, 0) is 10.4 Å². The van der Waals surface area contributed by atoms with Gasteiger partial charge in [-0.15, -0.1) is 0 Å². The first-order valence-electron chi connectivity index (χ1n) is 6.73. The van der Waals surface area contributed by atoms with Crippen LogP contribution in [0.2, 0.25) is 0 Å². The van der Waals surface area contributed by atoms with Crippen LogP contribution in [-0.4, -0.2) is 13.0 Å². The van der Waals surface area contributed by atoms with Crippen LogP contribution in [0.3, 0.4) is 0 Å². The third-order valence-electron chi connectivity index (χ3n) is 3.20. The minimum atomic E-state index is -4.47. The van der Waals surface area contributed by atoms with Gasteiger partial charge in [0.15, 0.2) is 0 Å². The van der Waals surface area contributed by atoms with Gasteiger partial charge in [0.05, 0.1) is 0 Å². The van der Waals surface area contributed by atoms with E-state index in [0.717, 1.165) is 37.7 Å². The summed E-state index contributed by atoms with van der Waals surface area (Å²) in [5.74, 6) is 0.484. The lowest BCUT2D eigenvalue weighted by Crippen LogP contribution is -2.10. The fraction of sp³-hybridized carbons (Fsp3) is 0.571. The highest BCUT2D eigenvalue weighted by Gasteiger charge is 2.17. The van der Waals surface area contributed by atoms with Gasteiger partial charge in [0.25, 0.3) is 0 Å². The van der Waals surface area contributed by atoms with E-state index < -0.39 is 10.4 Å². The number of unbranched alkanes of at least 4 members (excludes halogenated alkanes) is 2.